The molecule has 0 heterocycles. The van der Waals surface area contributed by atoms with Crippen LogP contribution in [0.4, 0.5) is 10.1 Å². The second-order valence-electron chi connectivity index (χ2n) is 4.13. The standard InChI is InChI=1S/C15H12BrClFNO2/c1-2-21-13-7-6-9(8-11(13)17)19-15(20)14-10(16)4-3-5-12(14)18/h3-8H,2H2,1H3,(H,19,20). The van der Waals surface area contributed by atoms with Crippen LogP contribution in [0.2, 0.25) is 5.02 Å². The molecule has 0 aliphatic rings. The highest BCUT2D eigenvalue weighted by Gasteiger charge is 2.16. The molecule has 2 aromatic rings. The summed E-state index contributed by atoms with van der Waals surface area (Å²) in [6.45, 7) is 2.34. The van der Waals surface area contributed by atoms with Gasteiger partial charge in [0.2, 0.25) is 0 Å². The lowest BCUT2D eigenvalue weighted by molar-refractivity contribution is 0.102. The summed E-state index contributed by atoms with van der Waals surface area (Å²) in [6.07, 6.45) is 0. The molecule has 0 spiro atoms. The van der Waals surface area contributed by atoms with E-state index in [2.05, 4.69) is 21.2 Å². The average molecular weight is 373 g/mol. The maximum atomic E-state index is 13.7. The van der Waals surface area contributed by atoms with Gasteiger partial charge in [0, 0.05) is 10.2 Å². The molecule has 0 unspecified atom stereocenters. The Labute approximate surface area is 135 Å². The van der Waals surface area contributed by atoms with Crippen LogP contribution in [-0.4, -0.2) is 12.5 Å². The summed E-state index contributed by atoms with van der Waals surface area (Å²) in [7, 11) is 0. The van der Waals surface area contributed by atoms with Crippen LogP contribution in [0.25, 0.3) is 0 Å². The van der Waals surface area contributed by atoms with E-state index in [-0.39, 0.29) is 5.56 Å². The minimum atomic E-state index is -0.598. The van der Waals surface area contributed by atoms with Gasteiger partial charge in [-0.3, -0.25) is 4.79 Å². The number of carbonyl (C=O) groups excluding carboxylic acids is 1. The lowest BCUT2D eigenvalue weighted by Gasteiger charge is -2.10. The third-order valence-electron chi connectivity index (χ3n) is 2.68. The molecular weight excluding hydrogens is 361 g/mol. The molecule has 6 heteroatoms. The van der Waals surface area contributed by atoms with Crippen LogP contribution >= 0.6 is 27.5 Å². The van der Waals surface area contributed by atoms with Gasteiger partial charge in [0.25, 0.3) is 5.91 Å². The fourth-order valence-corrected chi connectivity index (χ4v) is 2.52. The van der Waals surface area contributed by atoms with Crippen molar-refractivity contribution in [3.8, 4) is 5.75 Å². The zero-order chi connectivity index (χ0) is 15.4. The van der Waals surface area contributed by atoms with Crippen LogP contribution in [0.1, 0.15) is 17.3 Å². The van der Waals surface area contributed by atoms with Crippen molar-refractivity contribution >= 4 is 39.1 Å². The molecule has 0 aromatic heterocycles. The van der Waals surface area contributed by atoms with Crippen molar-refractivity contribution in [2.24, 2.45) is 0 Å². The van der Waals surface area contributed by atoms with E-state index in [0.29, 0.717) is 27.5 Å². The van der Waals surface area contributed by atoms with Crippen LogP contribution < -0.4 is 10.1 Å². The predicted octanol–water partition coefficient (Wildman–Crippen LogP) is 4.89. The number of benzene rings is 2. The van der Waals surface area contributed by atoms with E-state index >= 15 is 0 Å². The van der Waals surface area contributed by atoms with Gasteiger partial charge < -0.3 is 10.1 Å². The summed E-state index contributed by atoms with van der Waals surface area (Å²) in [5, 5.41) is 2.98. The Morgan fingerprint density at radius 1 is 1.38 bits per heavy atom. The van der Waals surface area contributed by atoms with E-state index in [0.717, 1.165) is 0 Å². The normalized spacial score (nSPS) is 10.3. The van der Waals surface area contributed by atoms with Crippen molar-refractivity contribution < 1.29 is 13.9 Å². The SMILES string of the molecule is CCOc1ccc(NC(=O)c2c(F)cccc2Br)cc1Cl. The molecule has 3 nitrogen and oxygen atoms in total. The van der Waals surface area contributed by atoms with Crippen LogP contribution in [0.15, 0.2) is 40.9 Å². The Bertz CT molecular complexity index is 658. The van der Waals surface area contributed by atoms with Gasteiger partial charge in [-0.1, -0.05) is 17.7 Å². The summed E-state index contributed by atoms with van der Waals surface area (Å²) in [5.74, 6) is -0.622. The first kappa shape index (κ1) is 15.8. The van der Waals surface area contributed by atoms with E-state index < -0.39 is 11.7 Å². The lowest BCUT2D eigenvalue weighted by Crippen LogP contribution is -2.14. The van der Waals surface area contributed by atoms with Crippen molar-refractivity contribution in [1.29, 1.82) is 0 Å². The lowest BCUT2D eigenvalue weighted by atomic mass is 10.2. The maximum Gasteiger partial charge on any atom is 0.259 e. The highest BCUT2D eigenvalue weighted by molar-refractivity contribution is 9.10. The molecular formula is C15H12BrClFNO2. The Kier molecular flexibility index (Phi) is 5.20. The number of hydrogen-bond acceptors (Lipinski definition) is 2. The first-order valence-electron chi connectivity index (χ1n) is 6.20. The third-order valence-corrected chi connectivity index (χ3v) is 3.64. The molecule has 2 rings (SSSR count). The largest absolute Gasteiger partial charge is 0.492 e. The number of nitrogens with one attached hydrogen (secondary N) is 1. The Balaban J connectivity index is 2.22. The first-order chi connectivity index (χ1) is 10.0. The molecule has 21 heavy (non-hydrogen) atoms. The second kappa shape index (κ2) is 6.91. The topological polar surface area (TPSA) is 38.3 Å². The third kappa shape index (κ3) is 3.74. The average Bonchev–Trinajstić information content (AvgIpc) is 2.42. The second-order valence-corrected chi connectivity index (χ2v) is 5.39. The number of hydrogen-bond donors (Lipinski definition) is 1. The van der Waals surface area contributed by atoms with Crippen molar-refractivity contribution in [3.05, 3.63) is 57.3 Å². The van der Waals surface area contributed by atoms with Crippen molar-refractivity contribution in [1.82, 2.24) is 0 Å². The highest BCUT2D eigenvalue weighted by Crippen LogP contribution is 2.28. The quantitative estimate of drug-likeness (QED) is 0.829. The Hall–Kier alpha value is -1.59. The van der Waals surface area contributed by atoms with E-state index in [1.165, 1.54) is 12.1 Å². The molecule has 0 aliphatic carbocycles. The Morgan fingerprint density at radius 3 is 2.76 bits per heavy atom. The molecule has 0 bridgehead atoms. The smallest absolute Gasteiger partial charge is 0.259 e. The number of halogens is 3. The fraction of sp³-hybridized carbons (Fsp3) is 0.133. The minimum absolute atomic E-state index is 0.0532. The zero-order valence-corrected chi connectivity index (χ0v) is 13.5. The van der Waals surface area contributed by atoms with Crippen LogP contribution in [0.5, 0.6) is 5.75 Å². The van der Waals surface area contributed by atoms with Crippen molar-refractivity contribution in [2.75, 3.05) is 11.9 Å². The minimum Gasteiger partial charge on any atom is -0.492 e. The molecule has 0 atom stereocenters. The number of rotatable bonds is 4. The molecule has 1 amide bonds. The van der Waals surface area contributed by atoms with Crippen molar-refractivity contribution in [3.63, 3.8) is 0 Å². The van der Waals surface area contributed by atoms with E-state index in [1.54, 1.807) is 24.3 Å². The van der Waals surface area contributed by atoms with Crippen LogP contribution in [0, 0.1) is 5.82 Å². The van der Waals surface area contributed by atoms with Gasteiger partial charge >= 0.3 is 0 Å². The van der Waals surface area contributed by atoms with E-state index in [4.69, 9.17) is 16.3 Å². The van der Waals surface area contributed by atoms with Gasteiger partial charge in [-0.15, -0.1) is 0 Å². The monoisotopic (exact) mass is 371 g/mol. The number of amides is 1. The molecule has 1 N–H and O–H groups in total. The Morgan fingerprint density at radius 2 is 2.14 bits per heavy atom. The molecule has 0 saturated carbocycles. The van der Waals surface area contributed by atoms with Gasteiger partial charge in [0.1, 0.15) is 11.6 Å². The van der Waals surface area contributed by atoms with Crippen LogP contribution in [0.3, 0.4) is 0 Å². The molecule has 0 saturated heterocycles. The molecule has 0 aliphatic heterocycles. The van der Waals surface area contributed by atoms with E-state index in [1.807, 2.05) is 6.92 Å². The molecule has 0 radical (unpaired) electrons. The molecule has 0 fully saturated rings. The number of ether oxygens (including phenoxy) is 1. The van der Waals surface area contributed by atoms with Crippen LogP contribution in [-0.2, 0) is 0 Å². The van der Waals surface area contributed by atoms with Gasteiger partial charge in [-0.05, 0) is 53.2 Å². The zero-order valence-electron chi connectivity index (χ0n) is 11.1. The highest BCUT2D eigenvalue weighted by atomic mass is 79.9. The molecule has 2 aromatic carbocycles. The summed E-state index contributed by atoms with van der Waals surface area (Å²) in [5.41, 5.74) is 0.408. The van der Waals surface area contributed by atoms with Crippen molar-refractivity contribution in [2.45, 2.75) is 6.92 Å². The predicted molar refractivity (Wildman–Crippen MR) is 84.7 cm³/mol. The first-order valence-corrected chi connectivity index (χ1v) is 7.37. The summed E-state index contributed by atoms with van der Waals surface area (Å²) < 4.78 is 19.4. The van der Waals surface area contributed by atoms with Gasteiger partial charge in [0.05, 0.1) is 17.2 Å². The summed E-state index contributed by atoms with van der Waals surface area (Å²) in [4.78, 5) is 12.1. The fourth-order valence-electron chi connectivity index (χ4n) is 1.76. The summed E-state index contributed by atoms with van der Waals surface area (Å²) in [6, 6.07) is 9.19. The summed E-state index contributed by atoms with van der Waals surface area (Å²) >= 11 is 9.20. The van der Waals surface area contributed by atoms with Gasteiger partial charge in [0.15, 0.2) is 0 Å². The number of carbonyl (C=O) groups is 1. The number of anilines is 1. The van der Waals surface area contributed by atoms with Gasteiger partial charge in [-0.25, -0.2) is 4.39 Å². The maximum absolute atomic E-state index is 13.7. The van der Waals surface area contributed by atoms with Gasteiger partial charge in [-0.2, -0.15) is 0 Å². The van der Waals surface area contributed by atoms with E-state index in [9.17, 15) is 9.18 Å². The molecule has 110 valence electrons.